The maximum absolute atomic E-state index is 13.6. The van der Waals surface area contributed by atoms with Crippen LogP contribution in [0.25, 0.3) is 11.5 Å². The predicted molar refractivity (Wildman–Crippen MR) is 108 cm³/mol. The third kappa shape index (κ3) is 4.37. The predicted octanol–water partition coefficient (Wildman–Crippen LogP) is 2.56. The minimum absolute atomic E-state index is 0.112. The highest BCUT2D eigenvalue weighted by atomic mass is 16.4. The van der Waals surface area contributed by atoms with E-state index in [1.54, 1.807) is 24.0 Å². The minimum Gasteiger partial charge on any atom is -0.440 e. The molecule has 29 heavy (non-hydrogen) atoms. The number of nitrogens with zero attached hydrogens (tertiary/aromatic N) is 5. The van der Waals surface area contributed by atoms with Crippen LogP contribution in [0.15, 0.2) is 41.2 Å². The van der Waals surface area contributed by atoms with Gasteiger partial charge in [0.05, 0.1) is 24.0 Å². The van der Waals surface area contributed by atoms with Crippen LogP contribution in [0.3, 0.4) is 0 Å². The normalized spacial score (nSPS) is 17.1. The van der Waals surface area contributed by atoms with Crippen molar-refractivity contribution in [1.82, 2.24) is 30.0 Å². The Morgan fingerprint density at radius 2 is 2.24 bits per heavy atom. The van der Waals surface area contributed by atoms with Gasteiger partial charge in [-0.3, -0.25) is 14.5 Å². The minimum atomic E-state index is -0.112. The van der Waals surface area contributed by atoms with Gasteiger partial charge >= 0.3 is 0 Å². The number of hydrogen-bond donors (Lipinski definition) is 1. The average molecular weight is 394 g/mol. The SMILES string of the molecule is Cc1oc(-c2cnn(C)c2)nc1C(=O)N(Cc1ccccn1)C1CCCNCC1. The molecule has 0 bridgehead atoms. The van der Waals surface area contributed by atoms with E-state index in [1.165, 1.54) is 0 Å². The lowest BCUT2D eigenvalue weighted by Crippen LogP contribution is -2.41. The molecule has 4 heterocycles. The summed E-state index contributed by atoms with van der Waals surface area (Å²) in [4.78, 5) is 24.4. The monoisotopic (exact) mass is 394 g/mol. The molecule has 1 amide bonds. The van der Waals surface area contributed by atoms with Gasteiger partial charge in [0.1, 0.15) is 5.76 Å². The Balaban J connectivity index is 1.64. The molecular formula is C21H26N6O2. The van der Waals surface area contributed by atoms with Crippen molar-refractivity contribution < 1.29 is 9.21 Å². The Labute approximate surface area is 170 Å². The molecule has 1 aliphatic rings. The number of oxazole rings is 1. The first kappa shape index (κ1) is 19.3. The van der Waals surface area contributed by atoms with E-state index in [2.05, 4.69) is 20.4 Å². The molecule has 1 saturated heterocycles. The summed E-state index contributed by atoms with van der Waals surface area (Å²) in [7, 11) is 1.83. The molecule has 4 rings (SSSR count). The van der Waals surface area contributed by atoms with Crippen molar-refractivity contribution in [1.29, 1.82) is 0 Å². The van der Waals surface area contributed by atoms with Crippen molar-refractivity contribution in [3.63, 3.8) is 0 Å². The van der Waals surface area contributed by atoms with E-state index < -0.39 is 0 Å². The van der Waals surface area contributed by atoms with Gasteiger partial charge in [-0.1, -0.05) is 6.07 Å². The van der Waals surface area contributed by atoms with E-state index in [4.69, 9.17) is 4.42 Å². The Bertz CT molecular complexity index is 957. The highest BCUT2D eigenvalue weighted by Crippen LogP contribution is 2.25. The molecule has 3 aromatic rings. The van der Waals surface area contributed by atoms with E-state index in [0.717, 1.165) is 43.6 Å². The smallest absolute Gasteiger partial charge is 0.276 e. The summed E-state index contributed by atoms with van der Waals surface area (Å²) in [6, 6.07) is 5.91. The van der Waals surface area contributed by atoms with Crippen LogP contribution in [-0.4, -0.2) is 49.7 Å². The molecular weight excluding hydrogens is 368 g/mol. The van der Waals surface area contributed by atoms with Crippen LogP contribution in [-0.2, 0) is 13.6 Å². The van der Waals surface area contributed by atoms with Crippen LogP contribution in [0.1, 0.15) is 41.2 Å². The number of rotatable bonds is 5. The summed E-state index contributed by atoms with van der Waals surface area (Å²) in [5.41, 5.74) is 1.98. The van der Waals surface area contributed by atoms with Crippen molar-refractivity contribution >= 4 is 5.91 Å². The lowest BCUT2D eigenvalue weighted by atomic mass is 10.1. The number of aryl methyl sites for hydroxylation is 2. The highest BCUT2D eigenvalue weighted by molar-refractivity contribution is 5.94. The van der Waals surface area contributed by atoms with Gasteiger partial charge in [-0.25, -0.2) is 4.98 Å². The average Bonchev–Trinajstić information content (AvgIpc) is 3.22. The van der Waals surface area contributed by atoms with Crippen molar-refractivity contribution in [2.75, 3.05) is 13.1 Å². The van der Waals surface area contributed by atoms with Gasteiger partial charge in [0.2, 0.25) is 5.89 Å². The maximum Gasteiger partial charge on any atom is 0.276 e. The zero-order valence-corrected chi connectivity index (χ0v) is 16.8. The molecule has 8 nitrogen and oxygen atoms in total. The van der Waals surface area contributed by atoms with Gasteiger partial charge in [0.25, 0.3) is 5.91 Å². The van der Waals surface area contributed by atoms with Crippen LogP contribution in [0.5, 0.6) is 0 Å². The van der Waals surface area contributed by atoms with E-state index in [0.29, 0.717) is 23.9 Å². The third-order valence-electron chi connectivity index (χ3n) is 5.26. The fourth-order valence-corrected chi connectivity index (χ4v) is 3.73. The van der Waals surface area contributed by atoms with Crippen molar-refractivity contribution in [3.05, 3.63) is 53.9 Å². The molecule has 0 aliphatic carbocycles. The molecule has 8 heteroatoms. The van der Waals surface area contributed by atoms with E-state index in [9.17, 15) is 4.79 Å². The first-order chi connectivity index (χ1) is 14.1. The molecule has 1 atom stereocenters. The maximum atomic E-state index is 13.6. The van der Waals surface area contributed by atoms with Crippen molar-refractivity contribution in [2.24, 2.45) is 7.05 Å². The lowest BCUT2D eigenvalue weighted by Gasteiger charge is -2.30. The zero-order valence-electron chi connectivity index (χ0n) is 16.8. The topological polar surface area (TPSA) is 89.1 Å². The molecule has 0 aromatic carbocycles. The molecule has 1 fully saturated rings. The van der Waals surface area contributed by atoms with Crippen molar-refractivity contribution in [3.8, 4) is 11.5 Å². The van der Waals surface area contributed by atoms with Crippen LogP contribution < -0.4 is 5.32 Å². The Morgan fingerprint density at radius 3 is 3.00 bits per heavy atom. The van der Waals surface area contributed by atoms with E-state index >= 15 is 0 Å². The summed E-state index contributed by atoms with van der Waals surface area (Å²) in [6.45, 7) is 4.12. The fourth-order valence-electron chi connectivity index (χ4n) is 3.73. The highest BCUT2D eigenvalue weighted by Gasteiger charge is 2.30. The summed E-state index contributed by atoms with van der Waals surface area (Å²) < 4.78 is 7.49. The first-order valence-electron chi connectivity index (χ1n) is 10.00. The standard InChI is InChI=1S/C21H26N6O2/c1-15-19(25-20(29-15)16-12-24-26(2)13-16)21(28)27(14-17-6-3-4-10-23-17)18-7-5-9-22-11-8-18/h3-4,6,10,12-13,18,22H,5,7-9,11,14H2,1-2H3. The molecule has 0 radical (unpaired) electrons. The quantitative estimate of drug-likeness (QED) is 0.715. The first-order valence-corrected chi connectivity index (χ1v) is 10.00. The second kappa shape index (κ2) is 8.57. The van der Waals surface area contributed by atoms with Gasteiger partial charge in [-0.2, -0.15) is 5.10 Å². The fraction of sp³-hybridized carbons (Fsp3) is 0.429. The van der Waals surface area contributed by atoms with E-state index in [-0.39, 0.29) is 11.9 Å². The second-order valence-electron chi connectivity index (χ2n) is 7.42. The van der Waals surface area contributed by atoms with Crippen LogP contribution in [0, 0.1) is 6.92 Å². The molecule has 0 spiro atoms. The van der Waals surface area contributed by atoms with Gasteiger partial charge in [-0.15, -0.1) is 0 Å². The number of aromatic nitrogens is 4. The number of nitrogens with one attached hydrogen (secondary N) is 1. The summed E-state index contributed by atoms with van der Waals surface area (Å²) in [6.07, 6.45) is 8.16. The second-order valence-corrected chi connectivity index (χ2v) is 7.42. The van der Waals surface area contributed by atoms with Crippen LogP contribution in [0.2, 0.25) is 0 Å². The van der Waals surface area contributed by atoms with Crippen LogP contribution in [0.4, 0.5) is 0 Å². The molecule has 0 saturated carbocycles. The zero-order chi connectivity index (χ0) is 20.2. The number of amides is 1. The summed E-state index contributed by atoms with van der Waals surface area (Å²) in [5, 5.41) is 7.57. The number of carbonyl (C=O) groups excluding carboxylic acids is 1. The Morgan fingerprint density at radius 1 is 1.34 bits per heavy atom. The Kier molecular flexibility index (Phi) is 5.71. The van der Waals surface area contributed by atoms with Gasteiger partial charge in [-0.05, 0) is 51.4 Å². The Hall–Kier alpha value is -3.00. The van der Waals surface area contributed by atoms with Crippen LogP contribution >= 0.6 is 0 Å². The van der Waals surface area contributed by atoms with E-state index in [1.807, 2.05) is 36.3 Å². The third-order valence-corrected chi connectivity index (χ3v) is 5.26. The number of hydrogen-bond acceptors (Lipinski definition) is 6. The number of carbonyl (C=O) groups is 1. The number of pyridine rings is 1. The molecule has 1 unspecified atom stereocenters. The van der Waals surface area contributed by atoms with Gasteiger partial charge < -0.3 is 14.6 Å². The largest absolute Gasteiger partial charge is 0.440 e. The molecule has 152 valence electrons. The summed E-state index contributed by atoms with van der Waals surface area (Å²) in [5.74, 6) is 0.824. The van der Waals surface area contributed by atoms with Gasteiger partial charge in [0, 0.05) is 25.5 Å². The lowest BCUT2D eigenvalue weighted by molar-refractivity contribution is 0.0635. The van der Waals surface area contributed by atoms with Crippen molar-refractivity contribution in [2.45, 2.75) is 38.8 Å². The van der Waals surface area contributed by atoms with Gasteiger partial charge in [0.15, 0.2) is 5.69 Å². The molecule has 1 aliphatic heterocycles. The molecule has 3 aromatic heterocycles. The molecule has 1 N–H and O–H groups in total. The summed E-state index contributed by atoms with van der Waals surface area (Å²) >= 11 is 0.